The summed E-state index contributed by atoms with van der Waals surface area (Å²) >= 11 is 12.6. The van der Waals surface area contributed by atoms with E-state index in [4.69, 9.17) is 27.9 Å². The third kappa shape index (κ3) is 5.10. The molecule has 14 heteroatoms. The van der Waals surface area contributed by atoms with Crippen molar-refractivity contribution in [3.05, 3.63) is 96.8 Å². The molecule has 6 rings (SSSR count). The number of nitro groups is 1. The molecular weight excluding hydrogens is 630 g/mol. The Morgan fingerprint density at radius 1 is 1.24 bits per heavy atom. The topological polar surface area (TPSA) is 154 Å². The van der Waals surface area contributed by atoms with Gasteiger partial charge in [-0.2, -0.15) is 0 Å². The van der Waals surface area contributed by atoms with Crippen LogP contribution in [0.25, 0.3) is 0 Å². The van der Waals surface area contributed by atoms with Crippen molar-refractivity contribution in [1.29, 1.82) is 0 Å². The van der Waals surface area contributed by atoms with Crippen molar-refractivity contribution in [2.24, 2.45) is 5.92 Å². The Morgan fingerprint density at radius 2 is 2.00 bits per heavy atom. The van der Waals surface area contributed by atoms with E-state index >= 15 is 4.39 Å². The first-order valence-electron chi connectivity index (χ1n) is 14.3. The van der Waals surface area contributed by atoms with E-state index in [1.165, 1.54) is 19.2 Å². The van der Waals surface area contributed by atoms with Crippen LogP contribution in [0.5, 0.6) is 5.75 Å². The molecule has 0 aromatic heterocycles. The standard InChI is InChI=1S/C31H29Cl2FN4O7/c1-45-25-11-23(38(43)44)16(9-19(25)29(40)41)12-35-28-24(14-39)37(13-15-5-6-15)31(26(28)18-3-2-4-21(33)27(18)34)20-8-7-17(32)10-22(20)36-30(31)42/h2-4,7-11,15,24,26,28,35,39H,5-6,12-14H2,1H3,(H,36,42)(H,40,41)/t24-,26-,28+,31+/m0/s1. The van der Waals surface area contributed by atoms with E-state index in [1.54, 1.807) is 24.3 Å². The maximum absolute atomic E-state index is 16.1. The number of anilines is 1. The number of hydrogen-bond donors (Lipinski definition) is 4. The highest BCUT2D eigenvalue weighted by molar-refractivity contribution is 6.31. The molecule has 2 fully saturated rings. The SMILES string of the molecule is COc1cc([N+](=O)[O-])c(CN[C@@H]2[C@H](CO)N(CC3CC3)[C@@]3(C(=O)Nc4cc(Cl)ccc43)[C@H]2c2cccc(Cl)c2F)cc1C(=O)O. The van der Waals surface area contributed by atoms with Gasteiger partial charge in [0.05, 0.1) is 35.8 Å². The Bertz CT molecular complexity index is 1720. The quantitative estimate of drug-likeness (QED) is 0.175. The molecule has 1 spiro atoms. The number of benzene rings is 3. The first-order valence-corrected chi connectivity index (χ1v) is 15.0. The molecule has 0 unspecified atom stereocenters. The van der Waals surface area contributed by atoms with Gasteiger partial charge in [0.25, 0.3) is 5.69 Å². The van der Waals surface area contributed by atoms with Crippen molar-refractivity contribution in [2.45, 2.75) is 42.9 Å². The van der Waals surface area contributed by atoms with E-state index in [0.29, 0.717) is 22.8 Å². The molecule has 3 aromatic rings. The van der Waals surface area contributed by atoms with Crippen LogP contribution in [0.15, 0.2) is 48.5 Å². The van der Waals surface area contributed by atoms with E-state index < -0.39 is 58.5 Å². The van der Waals surface area contributed by atoms with Crippen molar-refractivity contribution >= 4 is 46.5 Å². The number of nitrogens with zero attached hydrogens (tertiary/aromatic N) is 2. The summed E-state index contributed by atoms with van der Waals surface area (Å²) in [5.74, 6) is -3.45. The summed E-state index contributed by atoms with van der Waals surface area (Å²) in [6, 6.07) is 10.0. The van der Waals surface area contributed by atoms with Gasteiger partial charge < -0.3 is 25.6 Å². The number of likely N-dealkylation sites (tertiary alicyclic amines) is 1. The predicted molar refractivity (Wildman–Crippen MR) is 163 cm³/mol. The van der Waals surface area contributed by atoms with Crippen LogP contribution in [0.3, 0.4) is 0 Å². The number of nitrogens with one attached hydrogen (secondary N) is 2. The van der Waals surface area contributed by atoms with Crippen LogP contribution < -0.4 is 15.4 Å². The van der Waals surface area contributed by atoms with Crippen molar-refractivity contribution in [3.8, 4) is 5.75 Å². The van der Waals surface area contributed by atoms with Crippen LogP contribution in [0.4, 0.5) is 15.8 Å². The summed E-state index contributed by atoms with van der Waals surface area (Å²) in [5.41, 5.74) is -1.05. The Hall–Kier alpha value is -3.81. The molecule has 2 heterocycles. The van der Waals surface area contributed by atoms with Crippen LogP contribution in [0.2, 0.25) is 10.0 Å². The number of carbonyl (C=O) groups is 2. The van der Waals surface area contributed by atoms with E-state index in [9.17, 15) is 29.9 Å². The fraction of sp³-hybridized carbons (Fsp3) is 0.355. The smallest absolute Gasteiger partial charge is 0.339 e. The lowest BCUT2D eigenvalue weighted by Crippen LogP contribution is -2.53. The molecule has 0 radical (unpaired) electrons. The van der Waals surface area contributed by atoms with E-state index in [0.717, 1.165) is 25.0 Å². The summed E-state index contributed by atoms with van der Waals surface area (Å²) in [6.07, 6.45) is 1.84. The Kier molecular flexibility index (Phi) is 8.21. The largest absolute Gasteiger partial charge is 0.496 e. The number of fused-ring (bicyclic) bond motifs is 2. The van der Waals surface area contributed by atoms with E-state index in [1.807, 2.05) is 4.90 Å². The van der Waals surface area contributed by atoms with Crippen molar-refractivity contribution in [1.82, 2.24) is 10.2 Å². The summed E-state index contributed by atoms with van der Waals surface area (Å²) in [4.78, 5) is 39.6. The van der Waals surface area contributed by atoms with E-state index in [2.05, 4.69) is 10.6 Å². The van der Waals surface area contributed by atoms with Gasteiger partial charge >= 0.3 is 5.97 Å². The van der Waals surface area contributed by atoms with Gasteiger partial charge in [-0.25, -0.2) is 9.18 Å². The molecule has 3 aromatic carbocycles. The van der Waals surface area contributed by atoms with Crippen molar-refractivity contribution in [2.75, 3.05) is 25.6 Å². The van der Waals surface area contributed by atoms with Gasteiger partial charge in [-0.15, -0.1) is 0 Å². The maximum Gasteiger partial charge on any atom is 0.339 e. The molecule has 236 valence electrons. The zero-order chi connectivity index (χ0) is 32.2. The molecule has 1 aliphatic carbocycles. The lowest BCUT2D eigenvalue weighted by molar-refractivity contribution is -0.385. The number of carboxylic acids is 1. The zero-order valence-corrected chi connectivity index (χ0v) is 25.4. The van der Waals surface area contributed by atoms with Crippen LogP contribution in [0.1, 0.15) is 45.8 Å². The second-order valence-corrected chi connectivity index (χ2v) is 12.4. The number of hydrogen-bond acceptors (Lipinski definition) is 8. The van der Waals surface area contributed by atoms with E-state index in [-0.39, 0.29) is 39.9 Å². The van der Waals surface area contributed by atoms with Gasteiger partial charge in [-0.3, -0.25) is 19.8 Å². The van der Waals surface area contributed by atoms with Crippen LogP contribution in [-0.2, 0) is 16.9 Å². The molecule has 45 heavy (non-hydrogen) atoms. The highest BCUT2D eigenvalue weighted by atomic mass is 35.5. The fourth-order valence-corrected chi connectivity index (χ4v) is 7.35. The average molecular weight is 659 g/mol. The normalized spacial score (nSPS) is 24.1. The number of carbonyl (C=O) groups excluding carboxylic acids is 1. The number of carboxylic acid groups (broad SMARTS) is 1. The number of ether oxygens (including phenoxy) is 1. The van der Waals surface area contributed by atoms with Gasteiger partial charge in [0.1, 0.15) is 22.7 Å². The monoisotopic (exact) mass is 658 g/mol. The van der Waals surface area contributed by atoms with Gasteiger partial charge in [-0.05, 0) is 48.6 Å². The van der Waals surface area contributed by atoms with Gasteiger partial charge in [0.15, 0.2) is 0 Å². The number of amides is 1. The molecule has 1 saturated heterocycles. The van der Waals surface area contributed by atoms with Crippen molar-refractivity contribution in [3.63, 3.8) is 0 Å². The summed E-state index contributed by atoms with van der Waals surface area (Å²) in [5, 5.41) is 39.1. The lowest BCUT2D eigenvalue weighted by atomic mass is 9.73. The van der Waals surface area contributed by atoms with Crippen LogP contribution >= 0.6 is 23.2 Å². The highest BCUT2D eigenvalue weighted by Gasteiger charge is 2.67. The number of methoxy groups -OCH3 is 1. The van der Waals surface area contributed by atoms with Gasteiger partial charge in [0.2, 0.25) is 5.91 Å². The third-order valence-corrected chi connectivity index (χ3v) is 9.60. The minimum absolute atomic E-state index is 0.0259. The minimum Gasteiger partial charge on any atom is -0.496 e. The van der Waals surface area contributed by atoms with Crippen LogP contribution in [0, 0.1) is 21.8 Å². The number of aliphatic hydroxyl groups excluding tert-OH is 1. The molecular formula is C31H29Cl2FN4O7. The summed E-state index contributed by atoms with van der Waals surface area (Å²) < 4.78 is 21.1. The number of rotatable bonds is 10. The second-order valence-electron chi connectivity index (χ2n) is 11.5. The molecule has 3 aliphatic rings. The lowest BCUT2D eigenvalue weighted by Gasteiger charge is -2.39. The van der Waals surface area contributed by atoms with Crippen molar-refractivity contribution < 1.29 is 33.9 Å². The summed E-state index contributed by atoms with van der Waals surface area (Å²) in [7, 11) is 1.21. The summed E-state index contributed by atoms with van der Waals surface area (Å²) in [6.45, 7) is -0.265. The molecule has 0 bridgehead atoms. The molecule has 4 N–H and O–H groups in total. The predicted octanol–water partition coefficient (Wildman–Crippen LogP) is 4.92. The van der Waals surface area contributed by atoms with Gasteiger partial charge in [0, 0.05) is 46.9 Å². The fourth-order valence-electron chi connectivity index (χ4n) is 6.99. The number of aliphatic hydroxyl groups is 1. The molecule has 2 aliphatic heterocycles. The zero-order valence-electron chi connectivity index (χ0n) is 23.9. The first kappa shape index (κ1) is 31.2. The molecule has 11 nitrogen and oxygen atoms in total. The number of aromatic carboxylic acids is 1. The highest BCUT2D eigenvalue weighted by Crippen LogP contribution is 2.58. The second kappa shape index (κ2) is 11.8. The molecule has 1 amide bonds. The molecule has 4 atom stereocenters. The molecule has 1 saturated carbocycles. The average Bonchev–Trinajstić information content (AvgIpc) is 3.73. The third-order valence-electron chi connectivity index (χ3n) is 9.08. The Labute approximate surface area is 267 Å². The Balaban J connectivity index is 1.54. The Morgan fingerprint density at radius 3 is 2.64 bits per heavy atom. The maximum atomic E-state index is 16.1. The number of halogens is 3. The minimum atomic E-state index is -1.52. The first-order chi connectivity index (χ1) is 21.5. The van der Waals surface area contributed by atoms with Gasteiger partial charge in [-0.1, -0.05) is 41.4 Å². The van der Waals surface area contributed by atoms with Crippen LogP contribution in [-0.4, -0.2) is 64.3 Å². The number of nitro benzene ring substituents is 1.